The second kappa shape index (κ2) is 12.6. The fourth-order valence-electron chi connectivity index (χ4n) is 2.78. The second-order valence-corrected chi connectivity index (χ2v) is 7.71. The zero-order chi connectivity index (χ0) is 18.9. The van der Waals surface area contributed by atoms with Crippen molar-refractivity contribution in [2.24, 2.45) is 4.99 Å². The summed E-state index contributed by atoms with van der Waals surface area (Å²) in [6.45, 7) is 12.5. The van der Waals surface area contributed by atoms with Gasteiger partial charge in [0.15, 0.2) is 5.96 Å². The van der Waals surface area contributed by atoms with Crippen molar-refractivity contribution in [3.8, 4) is 0 Å². The number of unbranched alkanes of at least 4 members (excludes halogenated alkanes) is 1. The number of ether oxygens (including phenoxy) is 1. The first-order valence-corrected chi connectivity index (χ1v) is 9.38. The van der Waals surface area contributed by atoms with Crippen LogP contribution in [-0.4, -0.2) is 80.3 Å². The number of aliphatic imine (C=N–C) groups is 1. The highest BCUT2D eigenvalue weighted by molar-refractivity contribution is 14.0. The zero-order valence-electron chi connectivity index (χ0n) is 17.3. The molecule has 154 valence electrons. The van der Waals surface area contributed by atoms with E-state index in [1.807, 2.05) is 20.8 Å². The zero-order valence-corrected chi connectivity index (χ0v) is 19.6. The van der Waals surface area contributed by atoms with Crippen LogP contribution >= 0.6 is 24.0 Å². The number of amides is 1. The quantitative estimate of drug-likeness (QED) is 0.331. The Labute approximate surface area is 176 Å². The van der Waals surface area contributed by atoms with Crippen LogP contribution in [0.4, 0.5) is 4.79 Å². The molecule has 1 rings (SSSR count). The number of likely N-dealkylation sites (tertiary alicyclic amines) is 1. The molecule has 0 saturated carbocycles. The van der Waals surface area contributed by atoms with E-state index in [-0.39, 0.29) is 36.1 Å². The molecule has 0 aliphatic carbocycles. The summed E-state index contributed by atoms with van der Waals surface area (Å²) < 4.78 is 5.33. The number of hydrogen-bond donors (Lipinski definition) is 2. The maximum Gasteiger partial charge on any atom is 0.407 e. The lowest BCUT2D eigenvalue weighted by atomic mass is 10.2. The van der Waals surface area contributed by atoms with Crippen LogP contribution in [-0.2, 0) is 4.74 Å². The van der Waals surface area contributed by atoms with Crippen molar-refractivity contribution in [1.29, 1.82) is 0 Å². The van der Waals surface area contributed by atoms with Crippen LogP contribution in [0.25, 0.3) is 0 Å². The van der Waals surface area contributed by atoms with Crippen molar-refractivity contribution in [3.63, 3.8) is 0 Å². The van der Waals surface area contributed by atoms with Gasteiger partial charge in [0, 0.05) is 33.2 Å². The lowest BCUT2D eigenvalue weighted by molar-refractivity contribution is 0.0507. The minimum Gasteiger partial charge on any atom is -0.444 e. The predicted molar refractivity (Wildman–Crippen MR) is 119 cm³/mol. The van der Waals surface area contributed by atoms with Gasteiger partial charge in [-0.1, -0.05) is 13.3 Å². The third-order valence-corrected chi connectivity index (χ3v) is 4.09. The second-order valence-electron chi connectivity index (χ2n) is 7.71. The van der Waals surface area contributed by atoms with Crippen molar-refractivity contribution in [2.75, 3.05) is 46.8 Å². The number of likely N-dealkylation sites (N-methyl/N-ethyl adjacent to an activating group) is 1. The number of carbonyl (C=O) groups excluding carboxylic acids is 1. The molecule has 7 nitrogen and oxygen atoms in total. The average molecular weight is 483 g/mol. The van der Waals surface area contributed by atoms with Crippen LogP contribution in [0.2, 0.25) is 0 Å². The molecule has 0 radical (unpaired) electrons. The molecule has 0 spiro atoms. The molecule has 0 unspecified atom stereocenters. The molecule has 0 bridgehead atoms. The first-order valence-electron chi connectivity index (χ1n) is 9.38. The third-order valence-electron chi connectivity index (χ3n) is 4.09. The van der Waals surface area contributed by atoms with E-state index < -0.39 is 5.60 Å². The minimum atomic E-state index is -0.468. The summed E-state index contributed by atoms with van der Waals surface area (Å²) in [6, 6.07) is 0.0978. The molecule has 2 N–H and O–H groups in total. The SMILES string of the molecule is CCCCN(C)CCNC(=NC)N1CC[C@@H](NC(=O)OC(C)(C)C)C1.I. The van der Waals surface area contributed by atoms with Crippen molar-refractivity contribution < 1.29 is 9.53 Å². The van der Waals surface area contributed by atoms with Crippen LogP contribution in [0.3, 0.4) is 0 Å². The number of halogens is 1. The monoisotopic (exact) mass is 483 g/mol. The van der Waals surface area contributed by atoms with Gasteiger partial charge in [0.2, 0.25) is 0 Å². The predicted octanol–water partition coefficient (Wildman–Crippen LogP) is 2.51. The lowest BCUT2D eigenvalue weighted by Crippen LogP contribution is -2.45. The molecule has 26 heavy (non-hydrogen) atoms. The standard InChI is InChI=1S/C18H37N5O2.HI/c1-7-8-11-22(6)13-10-20-16(19-5)23-12-9-15(14-23)21-17(24)25-18(2,3)4;/h15H,7-14H2,1-6H3,(H,19,20)(H,21,24);1H/t15-;/m1./s1. The van der Waals surface area contributed by atoms with Gasteiger partial charge in [0.05, 0.1) is 6.04 Å². The van der Waals surface area contributed by atoms with E-state index in [1.54, 1.807) is 7.05 Å². The summed E-state index contributed by atoms with van der Waals surface area (Å²) in [6.07, 6.45) is 3.00. The highest BCUT2D eigenvalue weighted by Crippen LogP contribution is 2.11. The summed E-state index contributed by atoms with van der Waals surface area (Å²) in [5, 5.41) is 6.37. The number of carbonyl (C=O) groups is 1. The Balaban J connectivity index is 0.00000625. The summed E-state index contributed by atoms with van der Waals surface area (Å²) in [4.78, 5) is 20.8. The van der Waals surface area contributed by atoms with Gasteiger partial charge in [0.25, 0.3) is 0 Å². The van der Waals surface area contributed by atoms with Crippen molar-refractivity contribution in [2.45, 2.75) is 58.6 Å². The van der Waals surface area contributed by atoms with Gasteiger partial charge < -0.3 is 25.2 Å². The number of nitrogens with one attached hydrogen (secondary N) is 2. The number of rotatable bonds is 7. The number of nitrogens with zero attached hydrogens (tertiary/aromatic N) is 3. The largest absolute Gasteiger partial charge is 0.444 e. The van der Waals surface area contributed by atoms with Gasteiger partial charge in [-0.2, -0.15) is 0 Å². The van der Waals surface area contributed by atoms with E-state index in [1.165, 1.54) is 12.8 Å². The Morgan fingerprint density at radius 2 is 2.04 bits per heavy atom. The van der Waals surface area contributed by atoms with Crippen molar-refractivity contribution >= 4 is 36.0 Å². The molecule has 0 aromatic rings. The smallest absolute Gasteiger partial charge is 0.407 e. The minimum absolute atomic E-state index is 0. The van der Waals surface area contributed by atoms with E-state index >= 15 is 0 Å². The summed E-state index contributed by atoms with van der Waals surface area (Å²) >= 11 is 0. The number of hydrogen-bond acceptors (Lipinski definition) is 4. The highest BCUT2D eigenvalue weighted by Gasteiger charge is 2.27. The maximum absolute atomic E-state index is 11.9. The molecule has 1 aliphatic rings. The molecule has 8 heteroatoms. The first-order chi connectivity index (χ1) is 11.7. The topological polar surface area (TPSA) is 69.2 Å². The molecule has 1 aliphatic heterocycles. The Kier molecular flexibility index (Phi) is 12.2. The molecule has 0 aromatic heterocycles. The number of guanidine groups is 1. The van der Waals surface area contributed by atoms with E-state index in [0.29, 0.717) is 0 Å². The molecule has 1 heterocycles. The summed E-state index contributed by atoms with van der Waals surface area (Å²) in [5.41, 5.74) is -0.468. The van der Waals surface area contributed by atoms with E-state index in [2.05, 4.69) is 39.4 Å². The highest BCUT2D eigenvalue weighted by atomic mass is 127. The molecule has 1 saturated heterocycles. The Morgan fingerprint density at radius 1 is 1.35 bits per heavy atom. The van der Waals surface area contributed by atoms with Gasteiger partial charge in [0.1, 0.15) is 5.60 Å². The Bertz CT molecular complexity index is 440. The Morgan fingerprint density at radius 3 is 2.62 bits per heavy atom. The van der Waals surface area contributed by atoms with E-state index in [0.717, 1.165) is 45.1 Å². The van der Waals surface area contributed by atoms with Gasteiger partial charge in [-0.15, -0.1) is 24.0 Å². The number of alkyl carbamates (subject to hydrolysis) is 1. The van der Waals surface area contributed by atoms with Gasteiger partial charge >= 0.3 is 6.09 Å². The third kappa shape index (κ3) is 10.4. The average Bonchev–Trinajstić information content (AvgIpc) is 2.95. The van der Waals surface area contributed by atoms with Crippen LogP contribution in [0.5, 0.6) is 0 Å². The van der Waals surface area contributed by atoms with Crippen molar-refractivity contribution in [1.82, 2.24) is 20.4 Å². The molecule has 1 atom stereocenters. The van der Waals surface area contributed by atoms with Gasteiger partial charge in [-0.3, -0.25) is 4.99 Å². The maximum atomic E-state index is 11.9. The molecule has 1 amide bonds. The van der Waals surface area contributed by atoms with Crippen LogP contribution in [0.1, 0.15) is 47.0 Å². The van der Waals surface area contributed by atoms with E-state index in [4.69, 9.17) is 4.74 Å². The van der Waals surface area contributed by atoms with E-state index in [9.17, 15) is 4.79 Å². The van der Waals surface area contributed by atoms with Gasteiger partial charge in [-0.25, -0.2) is 4.79 Å². The fraction of sp³-hybridized carbons (Fsp3) is 0.889. The lowest BCUT2D eigenvalue weighted by Gasteiger charge is -2.24. The summed E-state index contributed by atoms with van der Waals surface area (Å²) in [5.74, 6) is 0.900. The Hall–Kier alpha value is -0.770. The van der Waals surface area contributed by atoms with Crippen molar-refractivity contribution in [3.05, 3.63) is 0 Å². The summed E-state index contributed by atoms with van der Waals surface area (Å²) in [7, 11) is 3.95. The van der Waals surface area contributed by atoms with Crippen LogP contribution < -0.4 is 10.6 Å². The molecular formula is C18H38IN5O2. The molecular weight excluding hydrogens is 445 g/mol. The normalized spacial score (nSPS) is 17.9. The van der Waals surface area contributed by atoms with Crippen LogP contribution in [0.15, 0.2) is 4.99 Å². The fourth-order valence-corrected chi connectivity index (χ4v) is 2.78. The first kappa shape index (κ1) is 25.2. The van der Waals surface area contributed by atoms with Gasteiger partial charge in [-0.05, 0) is 47.2 Å². The molecule has 1 fully saturated rings. The molecule has 0 aromatic carbocycles. The van der Waals surface area contributed by atoms with Crippen LogP contribution in [0, 0.1) is 0 Å².